The molecule has 1 heterocycles. The Kier molecular flexibility index (Phi) is 5.68. The Hall–Kier alpha value is -3.37. The molecular weight excluding hydrogens is 396 g/mol. The van der Waals surface area contributed by atoms with Crippen molar-refractivity contribution in [1.82, 2.24) is 4.98 Å². The van der Waals surface area contributed by atoms with Crippen molar-refractivity contribution in [3.63, 3.8) is 0 Å². The highest BCUT2D eigenvalue weighted by molar-refractivity contribution is 6.30. The van der Waals surface area contributed by atoms with Gasteiger partial charge in [-0.2, -0.15) is 0 Å². The van der Waals surface area contributed by atoms with Crippen LogP contribution >= 0.6 is 11.6 Å². The number of fused-ring (bicyclic) bond motifs is 1. The quantitative estimate of drug-likeness (QED) is 0.403. The summed E-state index contributed by atoms with van der Waals surface area (Å²) in [5.41, 5.74) is 4.37. The first-order valence-corrected chi connectivity index (χ1v) is 10.1. The van der Waals surface area contributed by atoms with E-state index in [1.807, 2.05) is 86.6 Å². The van der Waals surface area contributed by atoms with Gasteiger partial charge in [0.15, 0.2) is 0 Å². The van der Waals surface area contributed by atoms with Crippen LogP contribution < -0.4 is 10.1 Å². The number of hydrogen-bond acceptors (Lipinski definition) is 3. The Labute approximate surface area is 180 Å². The second kappa shape index (κ2) is 8.56. The third kappa shape index (κ3) is 3.87. The molecule has 4 nitrogen and oxygen atoms in total. The SMILES string of the molecule is CCOc1ccccc1NC(=O)c1c(C)c(-c2cccc(Cl)c2)nc2ccccc12. The molecule has 0 radical (unpaired) electrons. The number of nitrogens with one attached hydrogen (secondary N) is 1. The van der Waals surface area contributed by atoms with Gasteiger partial charge in [-0.1, -0.05) is 54.1 Å². The monoisotopic (exact) mass is 416 g/mol. The van der Waals surface area contributed by atoms with E-state index in [-0.39, 0.29) is 5.91 Å². The second-order valence-corrected chi connectivity index (χ2v) is 7.31. The van der Waals surface area contributed by atoms with E-state index in [9.17, 15) is 4.79 Å². The van der Waals surface area contributed by atoms with Gasteiger partial charge < -0.3 is 10.1 Å². The molecule has 0 saturated carbocycles. The van der Waals surface area contributed by atoms with E-state index in [1.165, 1.54) is 0 Å². The molecule has 3 aromatic carbocycles. The maximum absolute atomic E-state index is 13.4. The molecule has 150 valence electrons. The van der Waals surface area contributed by atoms with Crippen LogP contribution in [0.1, 0.15) is 22.8 Å². The van der Waals surface area contributed by atoms with Crippen molar-refractivity contribution in [2.24, 2.45) is 0 Å². The van der Waals surface area contributed by atoms with Crippen LogP contribution in [0.5, 0.6) is 5.75 Å². The largest absolute Gasteiger partial charge is 0.492 e. The first-order chi connectivity index (χ1) is 14.6. The van der Waals surface area contributed by atoms with Gasteiger partial charge in [-0.05, 0) is 49.7 Å². The van der Waals surface area contributed by atoms with Gasteiger partial charge in [0, 0.05) is 16.0 Å². The van der Waals surface area contributed by atoms with Crippen LogP contribution in [-0.4, -0.2) is 17.5 Å². The summed E-state index contributed by atoms with van der Waals surface area (Å²) in [7, 11) is 0. The Bertz CT molecular complexity index is 1240. The number of halogens is 1. The van der Waals surface area contributed by atoms with Crippen molar-refractivity contribution in [2.75, 3.05) is 11.9 Å². The predicted octanol–water partition coefficient (Wildman–Crippen LogP) is 6.51. The predicted molar refractivity (Wildman–Crippen MR) is 122 cm³/mol. The molecule has 0 spiro atoms. The standard InChI is InChI=1S/C25H21ClN2O2/c1-3-30-22-14-7-6-13-21(22)28-25(29)23-16(2)24(17-9-8-10-18(26)15-17)27-20-12-5-4-11-19(20)23/h4-15H,3H2,1-2H3,(H,28,29). The number of pyridine rings is 1. The molecule has 1 aromatic heterocycles. The summed E-state index contributed by atoms with van der Waals surface area (Å²) in [4.78, 5) is 18.3. The van der Waals surface area contributed by atoms with Crippen molar-refractivity contribution in [1.29, 1.82) is 0 Å². The molecule has 0 aliphatic rings. The van der Waals surface area contributed by atoms with E-state index in [0.29, 0.717) is 28.6 Å². The highest BCUT2D eigenvalue weighted by atomic mass is 35.5. The summed E-state index contributed by atoms with van der Waals surface area (Å²) >= 11 is 6.20. The Morgan fingerprint density at radius 3 is 2.60 bits per heavy atom. The highest BCUT2D eigenvalue weighted by Gasteiger charge is 2.20. The molecule has 0 atom stereocenters. The van der Waals surface area contributed by atoms with Crippen molar-refractivity contribution in [2.45, 2.75) is 13.8 Å². The van der Waals surface area contributed by atoms with Gasteiger partial charge in [-0.15, -0.1) is 0 Å². The van der Waals surface area contributed by atoms with Crippen molar-refractivity contribution >= 4 is 34.1 Å². The van der Waals surface area contributed by atoms with Gasteiger partial charge in [0.25, 0.3) is 5.91 Å². The number of carbonyl (C=O) groups excluding carboxylic acids is 1. The molecule has 1 N–H and O–H groups in total. The average Bonchev–Trinajstić information content (AvgIpc) is 2.74. The zero-order valence-corrected chi connectivity index (χ0v) is 17.5. The minimum Gasteiger partial charge on any atom is -0.492 e. The molecule has 0 bridgehead atoms. The topological polar surface area (TPSA) is 51.2 Å². The summed E-state index contributed by atoms with van der Waals surface area (Å²) in [5, 5.41) is 4.44. The normalized spacial score (nSPS) is 10.8. The number of rotatable bonds is 5. The summed E-state index contributed by atoms with van der Waals surface area (Å²) in [6.07, 6.45) is 0. The molecule has 0 aliphatic heterocycles. The van der Waals surface area contributed by atoms with Gasteiger partial charge >= 0.3 is 0 Å². The molecule has 4 aromatic rings. The fourth-order valence-electron chi connectivity index (χ4n) is 3.55. The molecule has 0 aliphatic carbocycles. The van der Waals surface area contributed by atoms with Gasteiger partial charge in [-0.3, -0.25) is 4.79 Å². The van der Waals surface area contributed by atoms with E-state index in [1.54, 1.807) is 0 Å². The van der Waals surface area contributed by atoms with Crippen LogP contribution in [0.25, 0.3) is 22.2 Å². The maximum atomic E-state index is 13.4. The van der Waals surface area contributed by atoms with Gasteiger partial charge in [0.05, 0.1) is 29.1 Å². The highest BCUT2D eigenvalue weighted by Crippen LogP contribution is 2.32. The zero-order chi connectivity index (χ0) is 21.1. The number of amides is 1. The van der Waals surface area contributed by atoms with E-state index in [0.717, 1.165) is 27.7 Å². The van der Waals surface area contributed by atoms with E-state index in [4.69, 9.17) is 21.3 Å². The molecule has 1 amide bonds. The van der Waals surface area contributed by atoms with Crippen LogP contribution in [0.15, 0.2) is 72.8 Å². The van der Waals surface area contributed by atoms with Crippen molar-refractivity contribution in [3.8, 4) is 17.0 Å². The third-order valence-electron chi connectivity index (χ3n) is 4.90. The van der Waals surface area contributed by atoms with Gasteiger partial charge in [0.1, 0.15) is 5.75 Å². The summed E-state index contributed by atoms with van der Waals surface area (Å²) < 4.78 is 5.66. The molecular formula is C25H21ClN2O2. The van der Waals surface area contributed by atoms with E-state index in [2.05, 4.69) is 5.32 Å². The number of anilines is 1. The Morgan fingerprint density at radius 2 is 1.80 bits per heavy atom. The van der Waals surface area contributed by atoms with Crippen LogP contribution in [0.2, 0.25) is 5.02 Å². The average molecular weight is 417 g/mol. The van der Waals surface area contributed by atoms with Gasteiger partial charge in [-0.25, -0.2) is 4.98 Å². The molecule has 0 unspecified atom stereocenters. The number of benzene rings is 3. The lowest BCUT2D eigenvalue weighted by Crippen LogP contribution is -2.16. The number of carbonyl (C=O) groups is 1. The second-order valence-electron chi connectivity index (χ2n) is 6.87. The molecule has 0 saturated heterocycles. The molecule has 5 heteroatoms. The number of para-hydroxylation sites is 3. The van der Waals surface area contributed by atoms with Crippen LogP contribution in [0, 0.1) is 6.92 Å². The first-order valence-electron chi connectivity index (χ1n) is 9.77. The number of nitrogens with zero attached hydrogens (tertiary/aromatic N) is 1. The Morgan fingerprint density at radius 1 is 1.03 bits per heavy atom. The van der Waals surface area contributed by atoms with Crippen LogP contribution in [0.3, 0.4) is 0 Å². The zero-order valence-electron chi connectivity index (χ0n) is 16.8. The third-order valence-corrected chi connectivity index (χ3v) is 5.13. The number of aromatic nitrogens is 1. The molecule has 4 rings (SSSR count). The van der Waals surface area contributed by atoms with Crippen LogP contribution in [0.4, 0.5) is 5.69 Å². The number of hydrogen-bond donors (Lipinski definition) is 1. The van der Waals surface area contributed by atoms with E-state index >= 15 is 0 Å². The number of ether oxygens (including phenoxy) is 1. The Balaban J connectivity index is 1.86. The minimum atomic E-state index is -0.207. The van der Waals surface area contributed by atoms with Crippen molar-refractivity contribution < 1.29 is 9.53 Å². The maximum Gasteiger partial charge on any atom is 0.256 e. The lowest BCUT2D eigenvalue weighted by molar-refractivity contribution is 0.102. The lowest BCUT2D eigenvalue weighted by Gasteiger charge is -2.16. The molecule has 30 heavy (non-hydrogen) atoms. The van der Waals surface area contributed by atoms with E-state index < -0.39 is 0 Å². The minimum absolute atomic E-state index is 0.207. The fraction of sp³-hybridized carbons (Fsp3) is 0.120. The van der Waals surface area contributed by atoms with Crippen molar-refractivity contribution in [3.05, 3.63) is 88.9 Å². The smallest absolute Gasteiger partial charge is 0.256 e. The summed E-state index contributed by atoms with van der Waals surface area (Å²) in [6, 6.07) is 22.6. The molecule has 0 fully saturated rings. The van der Waals surface area contributed by atoms with Crippen LogP contribution in [-0.2, 0) is 0 Å². The summed E-state index contributed by atoms with van der Waals surface area (Å²) in [6.45, 7) is 4.35. The van der Waals surface area contributed by atoms with Gasteiger partial charge in [0.2, 0.25) is 0 Å². The fourth-order valence-corrected chi connectivity index (χ4v) is 3.74. The lowest BCUT2D eigenvalue weighted by atomic mass is 9.97. The summed E-state index contributed by atoms with van der Waals surface area (Å²) in [5.74, 6) is 0.431. The first kappa shape index (κ1) is 19.9.